The molecule has 0 atom stereocenters. The first-order valence-electron chi connectivity index (χ1n) is 8.74. The molecule has 4 nitrogen and oxygen atoms in total. The van der Waals surface area contributed by atoms with Gasteiger partial charge in [0.2, 0.25) is 0 Å². The third-order valence-corrected chi connectivity index (χ3v) is 4.58. The highest BCUT2D eigenvalue weighted by Gasteiger charge is 2.24. The van der Waals surface area contributed by atoms with E-state index in [1.54, 1.807) is 11.1 Å². The molecule has 4 heteroatoms. The van der Waals surface area contributed by atoms with Gasteiger partial charge in [0.15, 0.2) is 0 Å². The number of carbonyl (C=O) groups is 1. The maximum absolute atomic E-state index is 13.1. The van der Waals surface area contributed by atoms with E-state index in [9.17, 15) is 4.79 Å². The second-order valence-corrected chi connectivity index (χ2v) is 6.47. The Labute approximate surface area is 153 Å². The highest BCUT2D eigenvalue weighted by molar-refractivity contribution is 5.98. The summed E-state index contributed by atoms with van der Waals surface area (Å²) in [5.41, 5.74) is 4.80. The van der Waals surface area contributed by atoms with Crippen molar-refractivity contribution in [1.82, 2.24) is 9.88 Å². The van der Waals surface area contributed by atoms with E-state index in [1.165, 1.54) is 5.56 Å². The number of aromatic nitrogens is 1. The van der Waals surface area contributed by atoms with Crippen LogP contribution in [0.25, 0.3) is 11.1 Å². The van der Waals surface area contributed by atoms with Gasteiger partial charge >= 0.3 is 0 Å². The molecule has 2 heterocycles. The van der Waals surface area contributed by atoms with Crippen molar-refractivity contribution in [3.8, 4) is 16.9 Å². The fourth-order valence-corrected chi connectivity index (χ4v) is 3.12. The summed E-state index contributed by atoms with van der Waals surface area (Å²) in [6.07, 6.45) is 1.75. The van der Waals surface area contributed by atoms with E-state index >= 15 is 0 Å². The summed E-state index contributed by atoms with van der Waals surface area (Å²) in [4.78, 5) is 19.2. The van der Waals surface area contributed by atoms with Crippen molar-refractivity contribution < 1.29 is 9.53 Å². The highest BCUT2D eigenvalue weighted by Crippen LogP contribution is 2.29. The maximum Gasteiger partial charge on any atom is 0.258 e. The van der Waals surface area contributed by atoms with Gasteiger partial charge in [0, 0.05) is 6.20 Å². The van der Waals surface area contributed by atoms with Gasteiger partial charge in [0.25, 0.3) is 5.91 Å². The topological polar surface area (TPSA) is 42.4 Å². The van der Waals surface area contributed by atoms with Crippen LogP contribution < -0.4 is 4.74 Å². The molecule has 0 bridgehead atoms. The number of ether oxygens (including phenoxy) is 1. The number of rotatable bonds is 3. The van der Waals surface area contributed by atoms with Gasteiger partial charge in [-0.05, 0) is 42.3 Å². The number of hydrogen-bond acceptors (Lipinski definition) is 3. The second-order valence-electron chi connectivity index (χ2n) is 6.47. The molecule has 0 N–H and O–H groups in total. The van der Waals surface area contributed by atoms with Crippen molar-refractivity contribution in [2.75, 3.05) is 13.2 Å². The zero-order valence-corrected chi connectivity index (χ0v) is 14.7. The molecule has 3 aromatic rings. The van der Waals surface area contributed by atoms with Crippen molar-refractivity contribution in [2.24, 2.45) is 0 Å². The molecule has 0 fully saturated rings. The number of carbonyl (C=O) groups excluding carboxylic acids is 1. The fraction of sp³-hybridized carbons (Fsp3) is 0.182. The molecule has 0 radical (unpaired) electrons. The number of nitrogens with zero attached hydrogens (tertiary/aromatic N) is 2. The van der Waals surface area contributed by atoms with Crippen LogP contribution in [0.1, 0.15) is 21.6 Å². The minimum atomic E-state index is -0.0166. The van der Waals surface area contributed by atoms with Crippen LogP contribution in [0.5, 0.6) is 5.75 Å². The van der Waals surface area contributed by atoms with Crippen molar-refractivity contribution >= 4 is 5.91 Å². The summed E-state index contributed by atoms with van der Waals surface area (Å²) < 4.78 is 5.81. The lowest BCUT2D eigenvalue weighted by molar-refractivity contribution is 0.0741. The summed E-state index contributed by atoms with van der Waals surface area (Å²) in [7, 11) is 0. The number of hydrogen-bond donors (Lipinski definition) is 0. The van der Waals surface area contributed by atoms with Crippen molar-refractivity contribution in [2.45, 2.75) is 13.5 Å². The molecule has 130 valence electrons. The molecule has 0 unspecified atom stereocenters. The van der Waals surface area contributed by atoms with Crippen LogP contribution in [0.15, 0.2) is 66.9 Å². The molecule has 0 spiro atoms. The van der Waals surface area contributed by atoms with E-state index in [4.69, 9.17) is 4.74 Å². The summed E-state index contributed by atoms with van der Waals surface area (Å²) in [5, 5.41) is 0. The first-order chi connectivity index (χ1) is 12.7. The third kappa shape index (κ3) is 3.31. The quantitative estimate of drug-likeness (QED) is 0.719. The van der Waals surface area contributed by atoms with E-state index in [1.807, 2.05) is 36.4 Å². The molecule has 1 aliphatic rings. The smallest absolute Gasteiger partial charge is 0.258 e. The Balaban J connectivity index is 1.66. The Morgan fingerprint density at radius 2 is 1.85 bits per heavy atom. The molecular weight excluding hydrogens is 324 g/mol. The first kappa shape index (κ1) is 16.3. The molecular formula is C22H20N2O2. The number of aryl methyl sites for hydroxylation is 1. The summed E-state index contributed by atoms with van der Waals surface area (Å²) >= 11 is 0. The molecule has 2 aromatic carbocycles. The van der Waals surface area contributed by atoms with Gasteiger partial charge in [-0.3, -0.25) is 9.78 Å². The average Bonchev–Trinajstić information content (AvgIpc) is 2.82. The average molecular weight is 344 g/mol. The normalized spacial score (nSPS) is 13.7. The van der Waals surface area contributed by atoms with Crippen molar-refractivity contribution in [3.63, 3.8) is 0 Å². The lowest BCUT2D eigenvalue weighted by Gasteiger charge is -2.19. The molecule has 4 rings (SSSR count). The van der Waals surface area contributed by atoms with Crippen LogP contribution in [-0.4, -0.2) is 28.9 Å². The lowest BCUT2D eigenvalue weighted by atomic mass is 10.0. The van der Waals surface area contributed by atoms with Crippen LogP contribution in [0, 0.1) is 6.92 Å². The van der Waals surface area contributed by atoms with Gasteiger partial charge in [0.05, 0.1) is 24.3 Å². The number of amides is 1. The largest absolute Gasteiger partial charge is 0.491 e. The van der Waals surface area contributed by atoms with Crippen molar-refractivity contribution in [3.05, 3.63) is 83.7 Å². The molecule has 1 aliphatic heterocycles. The molecule has 0 aliphatic carbocycles. The van der Waals surface area contributed by atoms with Crippen LogP contribution in [0.4, 0.5) is 0 Å². The van der Waals surface area contributed by atoms with Crippen LogP contribution in [0.3, 0.4) is 0 Å². The first-order valence-corrected chi connectivity index (χ1v) is 8.74. The predicted molar refractivity (Wildman–Crippen MR) is 101 cm³/mol. The minimum absolute atomic E-state index is 0.0166. The number of benzene rings is 2. The highest BCUT2D eigenvalue weighted by atomic mass is 16.5. The zero-order chi connectivity index (χ0) is 17.9. The maximum atomic E-state index is 13.1. The second kappa shape index (κ2) is 7.00. The Kier molecular flexibility index (Phi) is 4.40. The van der Waals surface area contributed by atoms with Gasteiger partial charge in [-0.25, -0.2) is 0 Å². The van der Waals surface area contributed by atoms with Gasteiger partial charge < -0.3 is 9.64 Å². The standard InChI is InChI=1S/C22H20N2O2/c1-16-5-7-17(8-6-16)18-9-10-21-20(14-18)22(25)24(12-13-26-21)15-19-4-2-3-11-23-19/h2-11,14H,12-13,15H2,1H3. The Bertz CT molecular complexity index is 921. The van der Waals surface area contributed by atoms with Gasteiger partial charge in [-0.2, -0.15) is 0 Å². The molecule has 26 heavy (non-hydrogen) atoms. The number of fused-ring (bicyclic) bond motifs is 1. The van der Waals surface area contributed by atoms with E-state index in [0.29, 0.717) is 31.0 Å². The van der Waals surface area contributed by atoms with Crippen LogP contribution >= 0.6 is 0 Å². The number of pyridine rings is 1. The molecule has 0 saturated carbocycles. The zero-order valence-electron chi connectivity index (χ0n) is 14.7. The summed E-state index contributed by atoms with van der Waals surface area (Å²) in [6.45, 7) is 3.57. The lowest BCUT2D eigenvalue weighted by Crippen LogP contribution is -2.32. The summed E-state index contributed by atoms with van der Waals surface area (Å²) in [6, 6.07) is 19.9. The molecule has 1 amide bonds. The van der Waals surface area contributed by atoms with Gasteiger partial charge in [-0.15, -0.1) is 0 Å². The van der Waals surface area contributed by atoms with Gasteiger partial charge in [-0.1, -0.05) is 42.0 Å². The Morgan fingerprint density at radius 3 is 2.62 bits per heavy atom. The predicted octanol–water partition coefficient (Wildman–Crippen LogP) is 4.09. The molecule has 0 saturated heterocycles. The fourth-order valence-electron chi connectivity index (χ4n) is 3.12. The van der Waals surface area contributed by atoms with Gasteiger partial charge in [0.1, 0.15) is 12.4 Å². The van der Waals surface area contributed by atoms with Crippen LogP contribution in [0.2, 0.25) is 0 Å². The van der Waals surface area contributed by atoms with Crippen LogP contribution in [-0.2, 0) is 6.54 Å². The SMILES string of the molecule is Cc1ccc(-c2ccc3c(c2)C(=O)N(Cc2ccccn2)CCO3)cc1. The van der Waals surface area contributed by atoms with Crippen molar-refractivity contribution in [1.29, 1.82) is 0 Å². The third-order valence-electron chi connectivity index (χ3n) is 4.58. The summed E-state index contributed by atoms with van der Waals surface area (Å²) in [5.74, 6) is 0.631. The van der Waals surface area contributed by atoms with E-state index in [0.717, 1.165) is 16.8 Å². The monoisotopic (exact) mass is 344 g/mol. The van der Waals surface area contributed by atoms with E-state index in [2.05, 4.69) is 36.2 Å². The van der Waals surface area contributed by atoms with E-state index in [-0.39, 0.29) is 5.91 Å². The molecule has 1 aromatic heterocycles. The van der Waals surface area contributed by atoms with E-state index < -0.39 is 0 Å². The minimum Gasteiger partial charge on any atom is -0.491 e. The Morgan fingerprint density at radius 1 is 1.04 bits per heavy atom. The Hall–Kier alpha value is -3.14.